The Labute approximate surface area is 92.1 Å². The van der Waals surface area contributed by atoms with E-state index in [1.807, 2.05) is 0 Å². The minimum absolute atomic E-state index is 0.339. The zero-order chi connectivity index (χ0) is 10.8. The summed E-state index contributed by atoms with van der Waals surface area (Å²) >= 11 is 0. The standard InChI is InChI=1S/C14H20O/c1-10(2)12-5-6-13-7-11(9-15)3-4-14(13)8-12/h5-6,8,10-11,15H,3-4,7,9H2,1-2H3. The number of aliphatic hydroxyl groups excluding tert-OH is 1. The number of benzene rings is 1. The molecule has 82 valence electrons. The van der Waals surface area contributed by atoms with Crippen molar-refractivity contribution in [2.75, 3.05) is 6.61 Å². The van der Waals surface area contributed by atoms with E-state index in [4.69, 9.17) is 5.11 Å². The predicted octanol–water partition coefficient (Wildman–Crippen LogP) is 2.91. The Bertz CT molecular complexity index is 341. The molecule has 1 aromatic rings. The molecule has 0 aliphatic heterocycles. The molecule has 1 heteroatoms. The molecule has 1 nitrogen and oxygen atoms in total. The second kappa shape index (κ2) is 4.36. The normalized spacial score (nSPS) is 20.4. The molecule has 1 aliphatic rings. The van der Waals surface area contributed by atoms with Crippen molar-refractivity contribution in [1.29, 1.82) is 0 Å². The lowest BCUT2D eigenvalue weighted by Gasteiger charge is -2.24. The van der Waals surface area contributed by atoms with Crippen LogP contribution in [0.2, 0.25) is 0 Å². The topological polar surface area (TPSA) is 20.2 Å². The molecule has 1 N–H and O–H groups in total. The van der Waals surface area contributed by atoms with Crippen LogP contribution in [-0.4, -0.2) is 11.7 Å². The van der Waals surface area contributed by atoms with Crippen molar-refractivity contribution < 1.29 is 5.11 Å². The van der Waals surface area contributed by atoms with Gasteiger partial charge in [0.05, 0.1) is 0 Å². The van der Waals surface area contributed by atoms with E-state index in [0.29, 0.717) is 18.4 Å². The van der Waals surface area contributed by atoms with Crippen LogP contribution in [0.25, 0.3) is 0 Å². The van der Waals surface area contributed by atoms with Gasteiger partial charge in [0, 0.05) is 6.61 Å². The van der Waals surface area contributed by atoms with Gasteiger partial charge < -0.3 is 5.11 Å². The van der Waals surface area contributed by atoms with Crippen LogP contribution < -0.4 is 0 Å². The van der Waals surface area contributed by atoms with Crippen LogP contribution in [0.1, 0.15) is 42.9 Å². The van der Waals surface area contributed by atoms with Crippen molar-refractivity contribution in [3.05, 3.63) is 34.9 Å². The van der Waals surface area contributed by atoms with Gasteiger partial charge in [-0.1, -0.05) is 32.0 Å². The highest BCUT2D eigenvalue weighted by Crippen LogP contribution is 2.28. The zero-order valence-electron chi connectivity index (χ0n) is 9.66. The fourth-order valence-corrected chi connectivity index (χ4v) is 2.37. The van der Waals surface area contributed by atoms with Crippen LogP contribution in [0.15, 0.2) is 18.2 Å². The molecule has 1 aromatic carbocycles. The maximum Gasteiger partial charge on any atom is 0.0462 e. The van der Waals surface area contributed by atoms with Gasteiger partial charge in [0.15, 0.2) is 0 Å². The lowest BCUT2D eigenvalue weighted by Crippen LogP contribution is -2.17. The summed E-state index contributed by atoms with van der Waals surface area (Å²) < 4.78 is 0. The molecule has 0 heterocycles. The van der Waals surface area contributed by atoms with Crippen LogP contribution in [-0.2, 0) is 12.8 Å². The maximum absolute atomic E-state index is 9.16. The maximum atomic E-state index is 9.16. The fourth-order valence-electron chi connectivity index (χ4n) is 2.37. The Morgan fingerprint density at radius 3 is 2.80 bits per heavy atom. The molecule has 0 aromatic heterocycles. The van der Waals surface area contributed by atoms with Gasteiger partial charge >= 0.3 is 0 Å². The number of fused-ring (bicyclic) bond motifs is 1. The Kier molecular flexibility index (Phi) is 3.11. The second-order valence-electron chi connectivity index (χ2n) is 4.97. The summed E-state index contributed by atoms with van der Waals surface area (Å²) in [6, 6.07) is 6.85. The van der Waals surface area contributed by atoms with Gasteiger partial charge in [-0.2, -0.15) is 0 Å². The van der Waals surface area contributed by atoms with Gasteiger partial charge in [-0.15, -0.1) is 0 Å². The van der Waals surface area contributed by atoms with Crippen molar-refractivity contribution in [1.82, 2.24) is 0 Å². The smallest absolute Gasteiger partial charge is 0.0462 e. The van der Waals surface area contributed by atoms with Gasteiger partial charge in [-0.3, -0.25) is 0 Å². The SMILES string of the molecule is CC(C)c1ccc2c(c1)CCC(CO)C2. The lowest BCUT2D eigenvalue weighted by atomic mass is 9.82. The van der Waals surface area contributed by atoms with E-state index in [1.165, 1.54) is 16.7 Å². The van der Waals surface area contributed by atoms with E-state index in [-0.39, 0.29) is 0 Å². The molecule has 0 amide bonds. The lowest BCUT2D eigenvalue weighted by molar-refractivity contribution is 0.213. The highest BCUT2D eigenvalue weighted by atomic mass is 16.3. The summed E-state index contributed by atoms with van der Waals surface area (Å²) in [7, 11) is 0. The molecule has 0 spiro atoms. The average Bonchev–Trinajstić information content (AvgIpc) is 2.27. The molecular formula is C14H20O. The Morgan fingerprint density at radius 2 is 2.13 bits per heavy atom. The molecular weight excluding hydrogens is 184 g/mol. The number of hydrogen-bond donors (Lipinski definition) is 1. The molecule has 2 rings (SSSR count). The average molecular weight is 204 g/mol. The predicted molar refractivity (Wildman–Crippen MR) is 63.1 cm³/mol. The highest BCUT2D eigenvalue weighted by molar-refractivity contribution is 5.35. The van der Waals surface area contributed by atoms with Crippen LogP contribution >= 0.6 is 0 Å². The first-order valence-electron chi connectivity index (χ1n) is 5.93. The summed E-state index contributed by atoms with van der Waals surface area (Å²) in [5, 5.41) is 9.16. The van der Waals surface area contributed by atoms with Gasteiger partial charge in [0.2, 0.25) is 0 Å². The van der Waals surface area contributed by atoms with Crippen LogP contribution in [0.5, 0.6) is 0 Å². The van der Waals surface area contributed by atoms with Gasteiger partial charge in [-0.05, 0) is 47.8 Å². The van der Waals surface area contributed by atoms with Gasteiger partial charge in [-0.25, -0.2) is 0 Å². The molecule has 0 saturated carbocycles. The summed E-state index contributed by atoms with van der Waals surface area (Å²) in [6.45, 7) is 4.81. The van der Waals surface area contributed by atoms with Gasteiger partial charge in [0.1, 0.15) is 0 Å². The van der Waals surface area contributed by atoms with Crippen LogP contribution in [0.3, 0.4) is 0 Å². The quantitative estimate of drug-likeness (QED) is 0.785. The Hall–Kier alpha value is -0.820. The summed E-state index contributed by atoms with van der Waals surface area (Å²) in [5.74, 6) is 1.10. The first-order chi connectivity index (χ1) is 7.20. The summed E-state index contributed by atoms with van der Waals surface area (Å²) in [4.78, 5) is 0. The van der Waals surface area contributed by atoms with Crippen molar-refractivity contribution >= 4 is 0 Å². The largest absolute Gasteiger partial charge is 0.396 e. The first-order valence-corrected chi connectivity index (χ1v) is 5.93. The molecule has 15 heavy (non-hydrogen) atoms. The molecule has 1 atom stereocenters. The molecule has 1 unspecified atom stereocenters. The fraction of sp³-hybridized carbons (Fsp3) is 0.571. The first kappa shape index (κ1) is 10.7. The summed E-state index contributed by atoms with van der Waals surface area (Å²) in [6.07, 6.45) is 3.34. The third kappa shape index (κ3) is 2.23. The molecule has 0 saturated heterocycles. The third-order valence-corrected chi connectivity index (χ3v) is 3.49. The zero-order valence-corrected chi connectivity index (χ0v) is 9.66. The third-order valence-electron chi connectivity index (χ3n) is 3.49. The number of hydrogen-bond acceptors (Lipinski definition) is 1. The Balaban J connectivity index is 2.24. The van der Waals surface area contributed by atoms with Crippen molar-refractivity contribution in [3.63, 3.8) is 0 Å². The van der Waals surface area contributed by atoms with Crippen LogP contribution in [0.4, 0.5) is 0 Å². The van der Waals surface area contributed by atoms with Crippen molar-refractivity contribution in [2.45, 2.75) is 39.0 Å². The van der Waals surface area contributed by atoms with Crippen molar-refractivity contribution in [3.8, 4) is 0 Å². The molecule has 1 aliphatic carbocycles. The summed E-state index contributed by atoms with van der Waals surface area (Å²) in [5.41, 5.74) is 4.40. The molecule has 0 bridgehead atoms. The second-order valence-corrected chi connectivity index (χ2v) is 4.97. The number of aliphatic hydroxyl groups is 1. The monoisotopic (exact) mass is 204 g/mol. The highest BCUT2D eigenvalue weighted by Gasteiger charge is 2.18. The molecule has 0 fully saturated rings. The van der Waals surface area contributed by atoms with E-state index in [9.17, 15) is 0 Å². The minimum atomic E-state index is 0.339. The van der Waals surface area contributed by atoms with Crippen molar-refractivity contribution in [2.24, 2.45) is 5.92 Å². The number of rotatable bonds is 2. The minimum Gasteiger partial charge on any atom is -0.396 e. The van der Waals surface area contributed by atoms with Crippen LogP contribution in [0, 0.1) is 5.92 Å². The Morgan fingerprint density at radius 1 is 1.33 bits per heavy atom. The van der Waals surface area contributed by atoms with E-state index >= 15 is 0 Å². The number of aryl methyl sites for hydroxylation is 1. The van der Waals surface area contributed by atoms with E-state index in [1.54, 1.807) is 0 Å². The molecule has 0 radical (unpaired) electrons. The van der Waals surface area contributed by atoms with Gasteiger partial charge in [0.25, 0.3) is 0 Å². The van der Waals surface area contributed by atoms with E-state index in [2.05, 4.69) is 32.0 Å². The van der Waals surface area contributed by atoms with E-state index in [0.717, 1.165) is 19.3 Å². The van der Waals surface area contributed by atoms with E-state index < -0.39 is 0 Å².